The summed E-state index contributed by atoms with van der Waals surface area (Å²) in [6.45, 7) is 8.15. The van der Waals surface area contributed by atoms with Crippen LogP contribution in [0.15, 0.2) is 48.5 Å². The van der Waals surface area contributed by atoms with Crippen molar-refractivity contribution in [3.8, 4) is 17.6 Å². The summed E-state index contributed by atoms with van der Waals surface area (Å²) in [4.78, 5) is 0. The predicted molar refractivity (Wildman–Crippen MR) is 91.8 cm³/mol. The molecule has 120 valence electrons. The van der Waals surface area contributed by atoms with E-state index in [9.17, 15) is 0 Å². The summed E-state index contributed by atoms with van der Waals surface area (Å²) in [6, 6.07) is 17.4. The molecule has 0 aliphatic carbocycles. The van der Waals surface area contributed by atoms with Crippen molar-refractivity contribution in [2.75, 3.05) is 0 Å². The maximum atomic E-state index is 8.81. The number of rotatable bonds is 5. The van der Waals surface area contributed by atoms with Crippen molar-refractivity contribution in [2.45, 2.75) is 45.8 Å². The Kier molecular flexibility index (Phi) is 5.28. The van der Waals surface area contributed by atoms with Crippen LogP contribution >= 0.6 is 0 Å². The number of hydrogen-bond donors (Lipinski definition) is 0. The van der Waals surface area contributed by atoms with Gasteiger partial charge in [0.25, 0.3) is 0 Å². The van der Waals surface area contributed by atoms with Gasteiger partial charge in [0.05, 0.1) is 17.7 Å². The van der Waals surface area contributed by atoms with Gasteiger partial charge < -0.3 is 9.47 Å². The summed E-state index contributed by atoms with van der Waals surface area (Å²) in [5.74, 6) is 1.65. The van der Waals surface area contributed by atoms with Crippen LogP contribution in [0.2, 0.25) is 0 Å². The van der Waals surface area contributed by atoms with Crippen LogP contribution in [0.5, 0.6) is 11.5 Å². The molecule has 0 aliphatic rings. The Bertz CT molecular complexity index is 678. The summed E-state index contributed by atoms with van der Waals surface area (Å²) in [6.07, 6.45) is 0.828. The lowest BCUT2D eigenvalue weighted by Crippen LogP contribution is -2.23. The van der Waals surface area contributed by atoms with Gasteiger partial charge in [-0.15, -0.1) is 0 Å². The van der Waals surface area contributed by atoms with Crippen LogP contribution in [0.3, 0.4) is 0 Å². The minimum atomic E-state index is -0.205. The highest BCUT2D eigenvalue weighted by molar-refractivity contribution is 5.35. The first-order chi connectivity index (χ1) is 10.9. The number of ether oxygens (including phenoxy) is 2. The SMILES string of the molecule is CC(Cc1cccc(OC(C)(C)C)c1)Oc1ccc(C#N)cc1. The van der Waals surface area contributed by atoms with Gasteiger partial charge in [0.1, 0.15) is 17.1 Å². The van der Waals surface area contributed by atoms with Crippen LogP contribution in [0.25, 0.3) is 0 Å². The Morgan fingerprint density at radius 3 is 2.35 bits per heavy atom. The lowest BCUT2D eigenvalue weighted by Gasteiger charge is -2.22. The predicted octanol–water partition coefficient (Wildman–Crippen LogP) is 4.75. The van der Waals surface area contributed by atoms with E-state index in [-0.39, 0.29) is 11.7 Å². The van der Waals surface area contributed by atoms with Gasteiger partial charge in [-0.3, -0.25) is 0 Å². The molecule has 0 amide bonds. The summed E-state index contributed by atoms with van der Waals surface area (Å²) in [5, 5.41) is 8.81. The van der Waals surface area contributed by atoms with Gasteiger partial charge in [0, 0.05) is 6.42 Å². The molecule has 1 unspecified atom stereocenters. The number of nitriles is 1. The van der Waals surface area contributed by atoms with E-state index in [2.05, 4.69) is 18.2 Å². The summed E-state index contributed by atoms with van der Waals surface area (Å²) in [5.41, 5.74) is 1.60. The van der Waals surface area contributed by atoms with E-state index < -0.39 is 0 Å². The van der Waals surface area contributed by atoms with Crippen molar-refractivity contribution in [3.63, 3.8) is 0 Å². The van der Waals surface area contributed by atoms with Crippen molar-refractivity contribution in [3.05, 3.63) is 59.7 Å². The van der Waals surface area contributed by atoms with Gasteiger partial charge >= 0.3 is 0 Å². The summed E-state index contributed by atoms with van der Waals surface area (Å²) >= 11 is 0. The Balaban J connectivity index is 1.98. The van der Waals surface area contributed by atoms with Crippen LogP contribution in [-0.4, -0.2) is 11.7 Å². The van der Waals surface area contributed by atoms with E-state index in [1.807, 2.05) is 52.0 Å². The zero-order chi connectivity index (χ0) is 16.9. The van der Waals surface area contributed by atoms with E-state index in [0.717, 1.165) is 17.9 Å². The first-order valence-electron chi connectivity index (χ1n) is 7.80. The van der Waals surface area contributed by atoms with Crippen LogP contribution in [0, 0.1) is 11.3 Å². The maximum Gasteiger partial charge on any atom is 0.120 e. The average Bonchev–Trinajstić information content (AvgIpc) is 2.46. The van der Waals surface area contributed by atoms with Gasteiger partial charge in [-0.25, -0.2) is 0 Å². The van der Waals surface area contributed by atoms with Gasteiger partial charge in [0.2, 0.25) is 0 Å². The highest BCUT2D eigenvalue weighted by Gasteiger charge is 2.12. The quantitative estimate of drug-likeness (QED) is 0.800. The summed E-state index contributed by atoms with van der Waals surface area (Å²) in [7, 11) is 0. The molecule has 2 rings (SSSR count). The molecule has 0 aliphatic heterocycles. The monoisotopic (exact) mass is 309 g/mol. The molecule has 3 nitrogen and oxygen atoms in total. The minimum Gasteiger partial charge on any atom is -0.490 e. The molecule has 0 spiro atoms. The molecular formula is C20H23NO2. The van der Waals surface area contributed by atoms with E-state index in [4.69, 9.17) is 14.7 Å². The van der Waals surface area contributed by atoms with E-state index in [1.165, 1.54) is 5.56 Å². The Labute approximate surface area is 138 Å². The lowest BCUT2D eigenvalue weighted by atomic mass is 10.1. The molecule has 23 heavy (non-hydrogen) atoms. The number of benzene rings is 2. The smallest absolute Gasteiger partial charge is 0.120 e. The second-order valence-electron chi connectivity index (χ2n) is 6.63. The van der Waals surface area contributed by atoms with Crippen molar-refractivity contribution in [2.24, 2.45) is 0 Å². The molecule has 1 atom stereocenters. The molecule has 0 saturated heterocycles. The minimum absolute atomic E-state index is 0.0350. The molecule has 0 fully saturated rings. The fourth-order valence-corrected chi connectivity index (χ4v) is 2.30. The molecule has 2 aromatic carbocycles. The van der Waals surface area contributed by atoms with Crippen molar-refractivity contribution < 1.29 is 9.47 Å². The molecule has 0 saturated carbocycles. The fourth-order valence-electron chi connectivity index (χ4n) is 2.30. The zero-order valence-electron chi connectivity index (χ0n) is 14.2. The van der Waals surface area contributed by atoms with Gasteiger partial charge in [-0.2, -0.15) is 5.26 Å². The third kappa shape index (κ3) is 5.67. The normalized spacial score (nSPS) is 12.3. The van der Waals surface area contributed by atoms with Gasteiger partial charge in [0.15, 0.2) is 0 Å². The largest absolute Gasteiger partial charge is 0.490 e. The molecule has 0 aromatic heterocycles. The van der Waals surface area contributed by atoms with E-state index >= 15 is 0 Å². The molecule has 3 heteroatoms. The summed E-state index contributed by atoms with van der Waals surface area (Å²) < 4.78 is 11.8. The van der Waals surface area contributed by atoms with E-state index in [1.54, 1.807) is 12.1 Å². The maximum absolute atomic E-state index is 8.81. The molecule has 0 radical (unpaired) electrons. The number of nitrogens with zero attached hydrogens (tertiary/aromatic N) is 1. The van der Waals surface area contributed by atoms with Crippen LogP contribution in [0.1, 0.15) is 38.8 Å². The van der Waals surface area contributed by atoms with Crippen LogP contribution < -0.4 is 9.47 Å². The second-order valence-corrected chi connectivity index (χ2v) is 6.63. The Morgan fingerprint density at radius 2 is 1.74 bits per heavy atom. The number of hydrogen-bond acceptors (Lipinski definition) is 3. The second kappa shape index (κ2) is 7.19. The zero-order valence-corrected chi connectivity index (χ0v) is 14.2. The highest BCUT2D eigenvalue weighted by Crippen LogP contribution is 2.21. The molecule has 0 N–H and O–H groups in total. The highest BCUT2D eigenvalue weighted by atomic mass is 16.5. The van der Waals surface area contributed by atoms with Gasteiger partial charge in [-0.05, 0) is 69.7 Å². The van der Waals surface area contributed by atoms with E-state index in [0.29, 0.717) is 5.56 Å². The van der Waals surface area contributed by atoms with Crippen molar-refractivity contribution in [1.82, 2.24) is 0 Å². The first kappa shape index (κ1) is 16.9. The Hall–Kier alpha value is -2.47. The lowest BCUT2D eigenvalue weighted by molar-refractivity contribution is 0.130. The molecule has 2 aromatic rings. The van der Waals surface area contributed by atoms with Crippen molar-refractivity contribution >= 4 is 0 Å². The van der Waals surface area contributed by atoms with Crippen LogP contribution in [-0.2, 0) is 6.42 Å². The van der Waals surface area contributed by atoms with Gasteiger partial charge in [-0.1, -0.05) is 12.1 Å². The molecule has 0 bridgehead atoms. The van der Waals surface area contributed by atoms with Crippen molar-refractivity contribution in [1.29, 1.82) is 5.26 Å². The standard InChI is InChI=1S/C20H23NO2/c1-15(22-18-10-8-16(14-21)9-11-18)12-17-6-5-7-19(13-17)23-20(2,3)4/h5-11,13,15H,12H2,1-4H3. The third-order valence-corrected chi connectivity index (χ3v) is 3.17. The first-order valence-corrected chi connectivity index (χ1v) is 7.80. The topological polar surface area (TPSA) is 42.2 Å². The average molecular weight is 309 g/mol. The Morgan fingerprint density at radius 1 is 1.04 bits per heavy atom. The van der Waals surface area contributed by atoms with Crippen LogP contribution in [0.4, 0.5) is 0 Å². The third-order valence-electron chi connectivity index (χ3n) is 3.17. The molecule has 0 heterocycles. The fraction of sp³-hybridized carbons (Fsp3) is 0.350. The molecular weight excluding hydrogens is 286 g/mol.